The zero-order valence-corrected chi connectivity index (χ0v) is 9.82. The minimum Gasteiger partial charge on any atom is -0.381 e. The molecular weight excluding hydrogens is 224 g/mol. The van der Waals surface area contributed by atoms with Crippen LogP contribution in [0.3, 0.4) is 0 Å². The lowest BCUT2D eigenvalue weighted by atomic mass is 10.1. The van der Waals surface area contributed by atoms with Gasteiger partial charge in [-0.1, -0.05) is 18.2 Å². The summed E-state index contributed by atoms with van der Waals surface area (Å²) >= 11 is 0. The third-order valence-corrected chi connectivity index (χ3v) is 3.04. The highest BCUT2D eigenvalue weighted by molar-refractivity contribution is 5.85. The van der Waals surface area contributed by atoms with Gasteiger partial charge in [-0.2, -0.15) is 5.10 Å². The smallest absolute Gasteiger partial charge is 0.0685 e. The number of aromatic nitrogens is 2. The van der Waals surface area contributed by atoms with Gasteiger partial charge in [0.2, 0.25) is 0 Å². The molecule has 2 heterocycles. The molecule has 3 nitrogen and oxygen atoms in total. The Hall–Kier alpha value is -1.06. The minimum atomic E-state index is 0. The summed E-state index contributed by atoms with van der Waals surface area (Å²) in [5.74, 6) is 0. The van der Waals surface area contributed by atoms with Crippen LogP contribution < -0.4 is 0 Å². The molecular formula is C12H15ClN2O. The van der Waals surface area contributed by atoms with Crippen LogP contribution in [0.2, 0.25) is 0 Å². The summed E-state index contributed by atoms with van der Waals surface area (Å²) in [4.78, 5) is 0. The average molecular weight is 239 g/mol. The number of hydrogen-bond donors (Lipinski definition) is 0. The molecule has 1 aliphatic heterocycles. The van der Waals surface area contributed by atoms with E-state index in [-0.39, 0.29) is 12.4 Å². The first-order chi connectivity index (χ1) is 7.45. The third kappa shape index (κ3) is 1.93. The second-order valence-electron chi connectivity index (χ2n) is 3.99. The van der Waals surface area contributed by atoms with Gasteiger partial charge in [0.25, 0.3) is 0 Å². The van der Waals surface area contributed by atoms with Gasteiger partial charge in [-0.25, -0.2) is 0 Å². The zero-order chi connectivity index (χ0) is 10.1. The SMILES string of the molecule is Cl.c1ccc2c(c1)cnn2C1CCOCC1. The van der Waals surface area contributed by atoms with Gasteiger partial charge in [0.1, 0.15) is 0 Å². The molecule has 1 aromatic heterocycles. The number of rotatable bonds is 1. The lowest BCUT2D eigenvalue weighted by molar-refractivity contribution is 0.0675. The van der Waals surface area contributed by atoms with Crippen molar-refractivity contribution in [1.29, 1.82) is 0 Å². The largest absolute Gasteiger partial charge is 0.381 e. The first kappa shape index (κ1) is 11.4. The van der Waals surface area contributed by atoms with Gasteiger partial charge < -0.3 is 4.74 Å². The van der Waals surface area contributed by atoms with E-state index in [4.69, 9.17) is 4.74 Å². The maximum atomic E-state index is 5.37. The lowest BCUT2D eigenvalue weighted by Crippen LogP contribution is -2.20. The van der Waals surface area contributed by atoms with E-state index in [1.165, 1.54) is 10.9 Å². The molecule has 0 bridgehead atoms. The van der Waals surface area contributed by atoms with E-state index in [0.29, 0.717) is 6.04 Å². The van der Waals surface area contributed by atoms with Gasteiger partial charge >= 0.3 is 0 Å². The van der Waals surface area contributed by atoms with Crippen molar-refractivity contribution in [3.8, 4) is 0 Å². The molecule has 0 radical (unpaired) electrons. The van der Waals surface area contributed by atoms with Crippen LogP contribution in [0.15, 0.2) is 30.5 Å². The summed E-state index contributed by atoms with van der Waals surface area (Å²) in [5, 5.41) is 5.71. The molecule has 0 unspecified atom stereocenters. The highest BCUT2D eigenvalue weighted by Gasteiger charge is 2.17. The topological polar surface area (TPSA) is 27.1 Å². The van der Waals surface area contributed by atoms with E-state index >= 15 is 0 Å². The van der Waals surface area contributed by atoms with Crippen molar-refractivity contribution in [2.75, 3.05) is 13.2 Å². The maximum absolute atomic E-state index is 5.37. The highest BCUT2D eigenvalue weighted by Crippen LogP contribution is 2.24. The predicted octanol–water partition coefficient (Wildman–Crippen LogP) is 2.81. The molecule has 0 atom stereocenters. The van der Waals surface area contributed by atoms with Gasteiger partial charge in [0, 0.05) is 18.6 Å². The van der Waals surface area contributed by atoms with Crippen LogP contribution in [-0.4, -0.2) is 23.0 Å². The Labute approximate surface area is 101 Å². The summed E-state index contributed by atoms with van der Waals surface area (Å²) in [6, 6.07) is 8.88. The first-order valence-electron chi connectivity index (χ1n) is 5.45. The fourth-order valence-corrected chi connectivity index (χ4v) is 2.21. The van der Waals surface area contributed by atoms with E-state index in [0.717, 1.165) is 26.1 Å². The average Bonchev–Trinajstić information content (AvgIpc) is 2.74. The Morgan fingerprint density at radius 2 is 1.94 bits per heavy atom. The standard InChI is InChI=1S/C12H14N2O.ClH/c1-2-4-12-10(3-1)9-13-14(12)11-5-7-15-8-6-11;/h1-4,9,11H,5-8H2;1H. The summed E-state index contributed by atoms with van der Waals surface area (Å²) < 4.78 is 7.52. The summed E-state index contributed by atoms with van der Waals surface area (Å²) in [7, 11) is 0. The van der Waals surface area contributed by atoms with Crippen LogP contribution >= 0.6 is 12.4 Å². The Balaban J connectivity index is 0.000000963. The number of benzene rings is 1. The molecule has 3 rings (SSSR count). The normalized spacial score (nSPS) is 17.2. The predicted molar refractivity (Wildman–Crippen MR) is 66.1 cm³/mol. The van der Waals surface area contributed by atoms with Crippen molar-refractivity contribution in [3.63, 3.8) is 0 Å². The molecule has 2 aromatic rings. The fraction of sp³-hybridized carbons (Fsp3) is 0.417. The summed E-state index contributed by atoms with van der Waals surface area (Å²) in [5.41, 5.74) is 1.24. The molecule has 1 fully saturated rings. The molecule has 16 heavy (non-hydrogen) atoms. The van der Waals surface area contributed by atoms with E-state index in [2.05, 4.69) is 34.0 Å². The number of nitrogens with zero attached hydrogens (tertiary/aromatic N) is 2. The zero-order valence-electron chi connectivity index (χ0n) is 9.00. The van der Waals surface area contributed by atoms with Gasteiger partial charge in [0.05, 0.1) is 17.8 Å². The molecule has 1 aromatic carbocycles. The molecule has 1 aliphatic rings. The van der Waals surface area contributed by atoms with Crippen molar-refractivity contribution in [2.45, 2.75) is 18.9 Å². The van der Waals surface area contributed by atoms with E-state index < -0.39 is 0 Å². The molecule has 86 valence electrons. The number of ether oxygens (including phenoxy) is 1. The van der Waals surface area contributed by atoms with E-state index in [1.54, 1.807) is 0 Å². The number of para-hydroxylation sites is 1. The Kier molecular flexibility index (Phi) is 3.46. The van der Waals surface area contributed by atoms with Gasteiger partial charge in [-0.15, -0.1) is 12.4 Å². The molecule has 0 aliphatic carbocycles. The summed E-state index contributed by atoms with van der Waals surface area (Å²) in [6.45, 7) is 1.72. The van der Waals surface area contributed by atoms with Crippen LogP contribution in [0.4, 0.5) is 0 Å². The van der Waals surface area contributed by atoms with Gasteiger partial charge in [-0.3, -0.25) is 4.68 Å². The van der Waals surface area contributed by atoms with E-state index in [1.807, 2.05) is 6.20 Å². The second kappa shape index (κ2) is 4.85. The minimum absolute atomic E-state index is 0. The van der Waals surface area contributed by atoms with Crippen LogP contribution in [0.1, 0.15) is 18.9 Å². The Morgan fingerprint density at radius 3 is 2.75 bits per heavy atom. The Bertz CT molecular complexity index is 463. The fourth-order valence-electron chi connectivity index (χ4n) is 2.21. The molecule has 0 amide bonds. The number of fused-ring (bicyclic) bond motifs is 1. The highest BCUT2D eigenvalue weighted by atomic mass is 35.5. The van der Waals surface area contributed by atoms with Crippen LogP contribution in [0.5, 0.6) is 0 Å². The molecule has 0 saturated carbocycles. The lowest BCUT2D eigenvalue weighted by Gasteiger charge is -2.23. The van der Waals surface area contributed by atoms with Crippen molar-refractivity contribution < 1.29 is 4.74 Å². The van der Waals surface area contributed by atoms with Crippen molar-refractivity contribution in [3.05, 3.63) is 30.5 Å². The number of hydrogen-bond acceptors (Lipinski definition) is 2. The monoisotopic (exact) mass is 238 g/mol. The van der Waals surface area contributed by atoms with Gasteiger partial charge in [0.15, 0.2) is 0 Å². The molecule has 1 saturated heterocycles. The van der Waals surface area contributed by atoms with Crippen LogP contribution in [0, 0.1) is 0 Å². The molecule has 0 spiro atoms. The quantitative estimate of drug-likeness (QED) is 0.764. The van der Waals surface area contributed by atoms with E-state index in [9.17, 15) is 0 Å². The second-order valence-corrected chi connectivity index (χ2v) is 3.99. The van der Waals surface area contributed by atoms with Crippen LogP contribution in [0.25, 0.3) is 10.9 Å². The molecule has 0 N–H and O–H groups in total. The summed E-state index contributed by atoms with van der Waals surface area (Å²) in [6.07, 6.45) is 4.10. The molecule has 4 heteroatoms. The van der Waals surface area contributed by atoms with Crippen LogP contribution in [-0.2, 0) is 4.74 Å². The van der Waals surface area contributed by atoms with Gasteiger partial charge in [-0.05, 0) is 18.9 Å². The number of halogens is 1. The van der Waals surface area contributed by atoms with Crippen molar-refractivity contribution in [2.24, 2.45) is 0 Å². The van der Waals surface area contributed by atoms with Crippen molar-refractivity contribution in [1.82, 2.24) is 9.78 Å². The van der Waals surface area contributed by atoms with Crippen molar-refractivity contribution >= 4 is 23.3 Å². The Morgan fingerprint density at radius 1 is 1.19 bits per heavy atom. The third-order valence-electron chi connectivity index (χ3n) is 3.04. The first-order valence-corrected chi connectivity index (χ1v) is 5.45. The maximum Gasteiger partial charge on any atom is 0.0685 e.